The highest BCUT2D eigenvalue weighted by atomic mass is 35.5. The molecule has 3 rings (SSSR count). The van der Waals surface area contributed by atoms with Crippen LogP contribution >= 0.6 is 11.6 Å². The van der Waals surface area contributed by atoms with Crippen LogP contribution in [0.4, 0.5) is 18.0 Å². The number of nitrogens with zero attached hydrogens (tertiary/aromatic N) is 3. The van der Waals surface area contributed by atoms with Crippen LogP contribution in [0.5, 0.6) is 5.75 Å². The van der Waals surface area contributed by atoms with E-state index in [1.807, 2.05) is 11.8 Å². The number of guanidine groups is 1. The fourth-order valence-corrected chi connectivity index (χ4v) is 4.11. The van der Waals surface area contributed by atoms with E-state index >= 15 is 0 Å². The van der Waals surface area contributed by atoms with Crippen molar-refractivity contribution in [3.63, 3.8) is 0 Å². The smallest absolute Gasteiger partial charge is 0.404 e. The minimum Gasteiger partial charge on any atom is -0.404 e. The molecule has 1 aromatic rings. The number of piperidine rings is 1. The Morgan fingerprint density at radius 3 is 2.85 bits per heavy atom. The molecular formula is C21H27ClF3N5O3. The standard InChI is InChI=1S/C21H27ClF3N5O3/c1-13(12-31)28-20-27-10-15-6-8-29(19(26)32)11-17(15)30(20)7-2-3-14-4-5-18(16(22)9-14)33-21(23,24)25/h4-5,9-10,13,17,31H,2-3,6-8,11-12H2,1H3,(H2,26,32)(H,27,28)/t13-,17?/m0/s1. The summed E-state index contributed by atoms with van der Waals surface area (Å²) in [4.78, 5) is 19.9. The van der Waals surface area contributed by atoms with E-state index in [4.69, 9.17) is 17.3 Å². The summed E-state index contributed by atoms with van der Waals surface area (Å²) in [6.45, 7) is 3.25. The summed E-state index contributed by atoms with van der Waals surface area (Å²) in [7, 11) is 0. The molecule has 1 unspecified atom stereocenters. The number of aliphatic hydroxyl groups excluding tert-OH is 1. The number of primary amides is 1. The molecule has 182 valence electrons. The minimum atomic E-state index is -4.81. The van der Waals surface area contributed by atoms with E-state index < -0.39 is 18.1 Å². The van der Waals surface area contributed by atoms with Crippen LogP contribution in [0.15, 0.2) is 35.0 Å². The molecule has 2 aliphatic rings. The second-order valence-corrected chi connectivity index (χ2v) is 8.45. The van der Waals surface area contributed by atoms with Crippen LogP contribution in [-0.4, -0.2) is 71.6 Å². The Bertz CT molecular complexity index is 925. The molecule has 0 aromatic heterocycles. The van der Waals surface area contributed by atoms with E-state index in [-0.39, 0.29) is 23.7 Å². The van der Waals surface area contributed by atoms with Gasteiger partial charge in [0.25, 0.3) is 0 Å². The molecule has 0 radical (unpaired) electrons. The van der Waals surface area contributed by atoms with Crippen LogP contribution in [0.1, 0.15) is 25.3 Å². The lowest BCUT2D eigenvalue weighted by Crippen LogP contribution is -2.59. The molecule has 1 fully saturated rings. The second-order valence-electron chi connectivity index (χ2n) is 8.04. The summed E-state index contributed by atoms with van der Waals surface area (Å²) in [6.07, 6.45) is -1.16. The molecule has 0 aliphatic carbocycles. The molecule has 4 N–H and O–H groups in total. The maximum absolute atomic E-state index is 12.4. The van der Waals surface area contributed by atoms with Crippen LogP contribution < -0.4 is 15.8 Å². The number of carbonyl (C=O) groups excluding carboxylic acids is 1. The van der Waals surface area contributed by atoms with Crippen molar-refractivity contribution in [2.24, 2.45) is 10.7 Å². The minimum absolute atomic E-state index is 0.0770. The first-order chi connectivity index (χ1) is 15.6. The Hall–Kier alpha value is -2.66. The zero-order valence-electron chi connectivity index (χ0n) is 18.1. The third kappa shape index (κ3) is 6.67. The number of carbonyl (C=O) groups is 1. The topological polar surface area (TPSA) is 103 Å². The summed E-state index contributed by atoms with van der Waals surface area (Å²) < 4.78 is 41.2. The number of ether oxygens (including phenoxy) is 1. The zero-order chi connectivity index (χ0) is 24.2. The van der Waals surface area contributed by atoms with Crippen LogP contribution in [0.25, 0.3) is 0 Å². The van der Waals surface area contributed by atoms with Crippen LogP contribution in [0, 0.1) is 0 Å². The lowest BCUT2D eigenvalue weighted by atomic mass is 9.96. The zero-order valence-corrected chi connectivity index (χ0v) is 18.9. The van der Waals surface area contributed by atoms with Gasteiger partial charge in [-0.15, -0.1) is 13.2 Å². The highest BCUT2D eigenvalue weighted by molar-refractivity contribution is 6.32. The van der Waals surface area contributed by atoms with E-state index in [1.54, 1.807) is 17.2 Å². The van der Waals surface area contributed by atoms with E-state index in [1.165, 1.54) is 12.1 Å². The van der Waals surface area contributed by atoms with Gasteiger partial charge < -0.3 is 30.7 Å². The Morgan fingerprint density at radius 1 is 1.45 bits per heavy atom. The first-order valence-electron chi connectivity index (χ1n) is 10.6. The van der Waals surface area contributed by atoms with Crippen LogP contribution in [0.2, 0.25) is 5.02 Å². The van der Waals surface area contributed by atoms with Crippen molar-refractivity contribution < 1.29 is 27.8 Å². The Balaban J connectivity index is 1.69. The van der Waals surface area contributed by atoms with Gasteiger partial charge in [-0.05, 0) is 49.5 Å². The molecule has 12 heteroatoms. The molecule has 1 saturated heterocycles. The van der Waals surface area contributed by atoms with Gasteiger partial charge in [-0.1, -0.05) is 17.7 Å². The molecule has 0 bridgehead atoms. The number of likely N-dealkylation sites (tertiary alicyclic amines) is 1. The number of hydrogen-bond acceptors (Lipinski definition) is 6. The second kappa shape index (κ2) is 10.5. The van der Waals surface area contributed by atoms with Gasteiger partial charge in [0, 0.05) is 31.9 Å². The average Bonchev–Trinajstić information content (AvgIpc) is 2.75. The number of aliphatic hydroxyl groups is 1. The quantitative estimate of drug-likeness (QED) is 0.546. The predicted octanol–water partition coefficient (Wildman–Crippen LogP) is 2.85. The lowest BCUT2D eigenvalue weighted by molar-refractivity contribution is -0.274. The van der Waals surface area contributed by atoms with E-state index in [2.05, 4.69) is 15.0 Å². The number of aliphatic imine (C=N–C) groups is 1. The summed E-state index contributed by atoms with van der Waals surface area (Å²) in [5.41, 5.74) is 7.34. The number of fused-ring (bicyclic) bond motifs is 1. The molecule has 2 atom stereocenters. The van der Waals surface area contributed by atoms with E-state index in [9.17, 15) is 23.1 Å². The van der Waals surface area contributed by atoms with Crippen LogP contribution in [-0.2, 0) is 6.42 Å². The maximum atomic E-state index is 12.4. The lowest BCUT2D eigenvalue weighted by Gasteiger charge is -2.44. The number of urea groups is 1. The number of nitrogens with two attached hydrogens (primary N) is 1. The SMILES string of the molecule is C[C@@H](CO)NC1=NC=C2CCN(C(N)=O)CC2N1CCCc1ccc(OC(F)(F)F)c(Cl)c1. The van der Waals surface area contributed by atoms with Gasteiger partial charge in [0.05, 0.1) is 17.7 Å². The molecule has 0 saturated carbocycles. The van der Waals surface area contributed by atoms with Crippen molar-refractivity contribution in [3.05, 3.63) is 40.6 Å². The number of amides is 2. The van der Waals surface area contributed by atoms with Gasteiger partial charge in [-0.2, -0.15) is 0 Å². The van der Waals surface area contributed by atoms with Crippen molar-refractivity contribution in [2.45, 2.75) is 44.6 Å². The first kappa shape index (κ1) is 25.0. The van der Waals surface area contributed by atoms with E-state index in [0.29, 0.717) is 44.9 Å². The molecule has 1 aromatic carbocycles. The number of rotatable bonds is 7. The fourth-order valence-electron chi connectivity index (χ4n) is 3.87. The Labute approximate surface area is 194 Å². The monoisotopic (exact) mass is 489 g/mol. The Kier molecular flexibility index (Phi) is 7.96. The summed E-state index contributed by atoms with van der Waals surface area (Å²) in [5, 5.41) is 12.5. The molecule has 2 aliphatic heterocycles. The molecule has 33 heavy (non-hydrogen) atoms. The van der Waals surface area contributed by atoms with Crippen molar-refractivity contribution in [1.29, 1.82) is 0 Å². The van der Waals surface area contributed by atoms with Gasteiger partial charge in [0.2, 0.25) is 0 Å². The predicted molar refractivity (Wildman–Crippen MR) is 118 cm³/mol. The Morgan fingerprint density at radius 2 is 2.21 bits per heavy atom. The third-order valence-corrected chi connectivity index (χ3v) is 5.84. The number of hydrogen-bond donors (Lipinski definition) is 3. The number of alkyl halides is 3. The summed E-state index contributed by atoms with van der Waals surface area (Å²) in [6, 6.07) is 3.40. The van der Waals surface area contributed by atoms with Crippen molar-refractivity contribution in [2.75, 3.05) is 26.2 Å². The molecule has 0 spiro atoms. The number of aryl methyl sites for hydroxylation is 1. The third-order valence-electron chi connectivity index (χ3n) is 5.54. The van der Waals surface area contributed by atoms with Gasteiger partial charge in [-0.3, -0.25) is 0 Å². The van der Waals surface area contributed by atoms with Crippen molar-refractivity contribution >= 4 is 23.6 Å². The number of halogens is 4. The average molecular weight is 490 g/mol. The first-order valence-corrected chi connectivity index (χ1v) is 10.9. The normalized spacial score (nSPS) is 19.4. The fraction of sp³-hybridized carbons (Fsp3) is 0.524. The van der Waals surface area contributed by atoms with Gasteiger partial charge in [-0.25, -0.2) is 9.79 Å². The summed E-state index contributed by atoms with van der Waals surface area (Å²) in [5.74, 6) is 0.146. The molecule has 8 nitrogen and oxygen atoms in total. The van der Waals surface area contributed by atoms with Gasteiger partial charge in [0.15, 0.2) is 5.96 Å². The van der Waals surface area contributed by atoms with Crippen molar-refractivity contribution in [1.82, 2.24) is 15.1 Å². The van der Waals surface area contributed by atoms with Crippen molar-refractivity contribution in [3.8, 4) is 5.75 Å². The summed E-state index contributed by atoms with van der Waals surface area (Å²) >= 11 is 5.95. The highest BCUT2D eigenvalue weighted by Crippen LogP contribution is 2.31. The van der Waals surface area contributed by atoms with Crippen LogP contribution in [0.3, 0.4) is 0 Å². The molecule has 2 amide bonds. The number of nitrogens with one attached hydrogen (secondary N) is 1. The maximum Gasteiger partial charge on any atom is 0.573 e. The van der Waals surface area contributed by atoms with Gasteiger partial charge >= 0.3 is 12.4 Å². The number of benzene rings is 1. The highest BCUT2D eigenvalue weighted by Gasteiger charge is 2.35. The molecular weight excluding hydrogens is 463 g/mol. The largest absolute Gasteiger partial charge is 0.573 e. The van der Waals surface area contributed by atoms with E-state index in [0.717, 1.165) is 11.1 Å². The van der Waals surface area contributed by atoms with Gasteiger partial charge in [0.1, 0.15) is 5.75 Å². The molecule has 2 heterocycles.